The van der Waals surface area contributed by atoms with Crippen molar-refractivity contribution in [1.29, 1.82) is 0 Å². The van der Waals surface area contributed by atoms with Crippen LogP contribution in [-0.2, 0) is 10.3 Å². The minimum absolute atomic E-state index is 0.299. The molecule has 0 bridgehead atoms. The van der Waals surface area contributed by atoms with Crippen LogP contribution in [0.5, 0.6) is 0 Å². The number of hydrogen-bond donors (Lipinski definition) is 1. The fourth-order valence-corrected chi connectivity index (χ4v) is 2.48. The molecule has 0 atom stereocenters. The van der Waals surface area contributed by atoms with Crippen LogP contribution in [0.3, 0.4) is 0 Å². The number of methoxy groups -OCH3 is 1. The van der Waals surface area contributed by atoms with E-state index in [1.54, 1.807) is 6.07 Å². The van der Waals surface area contributed by atoms with E-state index >= 15 is 0 Å². The third-order valence-electron chi connectivity index (χ3n) is 3.36. The van der Waals surface area contributed by atoms with Gasteiger partial charge in [0.2, 0.25) is 0 Å². The zero-order chi connectivity index (χ0) is 11.6. The van der Waals surface area contributed by atoms with Crippen LogP contribution >= 0.6 is 0 Å². The molecule has 1 aromatic carbocycles. The summed E-state index contributed by atoms with van der Waals surface area (Å²) in [6.07, 6.45) is 4.15. The van der Waals surface area contributed by atoms with Gasteiger partial charge in [-0.1, -0.05) is 31.0 Å². The molecular weight excluding hydrogens is 202 g/mol. The van der Waals surface area contributed by atoms with Crippen LogP contribution in [0.4, 0.5) is 0 Å². The summed E-state index contributed by atoms with van der Waals surface area (Å²) in [5, 5.41) is 0. The second kappa shape index (κ2) is 4.26. The quantitative estimate of drug-likeness (QED) is 0.776. The van der Waals surface area contributed by atoms with Crippen molar-refractivity contribution in [3.63, 3.8) is 0 Å². The van der Waals surface area contributed by atoms with Crippen molar-refractivity contribution in [2.75, 3.05) is 7.11 Å². The predicted octanol–water partition coefficient (Wildman–Crippen LogP) is 2.20. The Balaban J connectivity index is 2.43. The standard InChI is InChI=1S/C13H17NO2/c1-16-12(15)10-6-2-3-7-11(10)13(14)8-4-5-9-13/h2-3,6-7H,4-5,8-9,14H2,1H3. The summed E-state index contributed by atoms with van der Waals surface area (Å²) in [4.78, 5) is 11.7. The largest absolute Gasteiger partial charge is 0.465 e. The first-order valence-electron chi connectivity index (χ1n) is 5.64. The van der Waals surface area contributed by atoms with Crippen molar-refractivity contribution >= 4 is 5.97 Å². The summed E-state index contributed by atoms with van der Waals surface area (Å²) in [7, 11) is 1.40. The van der Waals surface area contributed by atoms with Gasteiger partial charge in [0, 0.05) is 5.54 Å². The molecule has 2 N–H and O–H groups in total. The topological polar surface area (TPSA) is 52.3 Å². The summed E-state index contributed by atoms with van der Waals surface area (Å²) in [6.45, 7) is 0. The lowest BCUT2D eigenvalue weighted by Crippen LogP contribution is -2.35. The van der Waals surface area contributed by atoms with E-state index in [4.69, 9.17) is 10.5 Å². The zero-order valence-corrected chi connectivity index (χ0v) is 9.53. The van der Waals surface area contributed by atoms with E-state index in [1.165, 1.54) is 7.11 Å². The highest BCUT2D eigenvalue weighted by Crippen LogP contribution is 2.37. The van der Waals surface area contributed by atoms with Gasteiger partial charge < -0.3 is 10.5 Å². The second-order valence-electron chi connectivity index (χ2n) is 4.40. The van der Waals surface area contributed by atoms with Crippen LogP contribution in [0, 0.1) is 0 Å². The van der Waals surface area contributed by atoms with Gasteiger partial charge in [0.15, 0.2) is 0 Å². The number of esters is 1. The Morgan fingerprint density at radius 1 is 1.31 bits per heavy atom. The first-order valence-corrected chi connectivity index (χ1v) is 5.64. The van der Waals surface area contributed by atoms with Crippen LogP contribution in [0.2, 0.25) is 0 Å². The van der Waals surface area contributed by atoms with E-state index in [0.717, 1.165) is 31.2 Å². The molecule has 0 unspecified atom stereocenters. The second-order valence-corrected chi connectivity index (χ2v) is 4.40. The molecule has 1 aliphatic rings. The average Bonchev–Trinajstić information content (AvgIpc) is 2.76. The van der Waals surface area contributed by atoms with Gasteiger partial charge in [-0.3, -0.25) is 0 Å². The Morgan fingerprint density at radius 2 is 1.94 bits per heavy atom. The molecule has 2 rings (SSSR count). The van der Waals surface area contributed by atoms with E-state index in [9.17, 15) is 4.79 Å². The van der Waals surface area contributed by atoms with Gasteiger partial charge in [-0.15, -0.1) is 0 Å². The minimum Gasteiger partial charge on any atom is -0.465 e. The third kappa shape index (κ3) is 1.83. The van der Waals surface area contributed by atoms with Gasteiger partial charge in [-0.25, -0.2) is 4.79 Å². The SMILES string of the molecule is COC(=O)c1ccccc1C1(N)CCCC1. The maximum Gasteiger partial charge on any atom is 0.338 e. The van der Waals surface area contributed by atoms with Gasteiger partial charge in [0.1, 0.15) is 0 Å². The van der Waals surface area contributed by atoms with Gasteiger partial charge >= 0.3 is 5.97 Å². The van der Waals surface area contributed by atoms with E-state index < -0.39 is 0 Å². The van der Waals surface area contributed by atoms with Crippen LogP contribution in [0.1, 0.15) is 41.6 Å². The third-order valence-corrected chi connectivity index (χ3v) is 3.36. The van der Waals surface area contributed by atoms with Crippen molar-refractivity contribution in [1.82, 2.24) is 0 Å². The number of rotatable bonds is 2. The number of carbonyl (C=O) groups is 1. The summed E-state index contributed by atoms with van der Waals surface area (Å²) in [5.41, 5.74) is 7.56. The summed E-state index contributed by atoms with van der Waals surface area (Å²) >= 11 is 0. The summed E-state index contributed by atoms with van der Waals surface area (Å²) in [5.74, 6) is -0.299. The van der Waals surface area contributed by atoms with Gasteiger partial charge in [-0.05, 0) is 24.5 Å². The molecule has 0 aliphatic heterocycles. The number of hydrogen-bond acceptors (Lipinski definition) is 3. The molecule has 0 radical (unpaired) electrons. The van der Waals surface area contributed by atoms with Crippen LogP contribution in [0.25, 0.3) is 0 Å². The lowest BCUT2D eigenvalue weighted by atomic mass is 9.86. The molecule has 3 nitrogen and oxygen atoms in total. The average molecular weight is 219 g/mol. The molecule has 1 aliphatic carbocycles. The Morgan fingerprint density at radius 3 is 2.56 bits per heavy atom. The minimum atomic E-state index is -0.342. The van der Waals surface area contributed by atoms with E-state index in [2.05, 4.69) is 0 Å². The molecule has 86 valence electrons. The molecular formula is C13H17NO2. The lowest BCUT2D eigenvalue weighted by Gasteiger charge is -2.26. The first-order chi connectivity index (χ1) is 7.67. The molecule has 0 saturated heterocycles. The van der Waals surface area contributed by atoms with Crippen LogP contribution in [0.15, 0.2) is 24.3 Å². The molecule has 1 fully saturated rings. The highest BCUT2D eigenvalue weighted by Gasteiger charge is 2.34. The maximum absolute atomic E-state index is 11.7. The maximum atomic E-state index is 11.7. The number of nitrogens with two attached hydrogens (primary N) is 1. The van der Waals surface area contributed by atoms with Gasteiger partial charge in [0.05, 0.1) is 12.7 Å². The van der Waals surface area contributed by atoms with Crippen molar-refractivity contribution < 1.29 is 9.53 Å². The lowest BCUT2D eigenvalue weighted by molar-refractivity contribution is 0.0597. The van der Waals surface area contributed by atoms with Crippen LogP contribution < -0.4 is 5.73 Å². The number of carbonyl (C=O) groups excluding carboxylic acids is 1. The van der Waals surface area contributed by atoms with Gasteiger partial charge in [0.25, 0.3) is 0 Å². The number of ether oxygens (including phenoxy) is 1. The predicted molar refractivity (Wildman–Crippen MR) is 62.1 cm³/mol. The fourth-order valence-electron chi connectivity index (χ4n) is 2.48. The first kappa shape index (κ1) is 11.1. The molecule has 0 heterocycles. The molecule has 1 saturated carbocycles. The fraction of sp³-hybridized carbons (Fsp3) is 0.462. The molecule has 0 aromatic heterocycles. The molecule has 0 spiro atoms. The molecule has 16 heavy (non-hydrogen) atoms. The van der Waals surface area contributed by atoms with Crippen LogP contribution in [-0.4, -0.2) is 13.1 Å². The van der Waals surface area contributed by atoms with Crippen molar-refractivity contribution in [3.8, 4) is 0 Å². The summed E-state index contributed by atoms with van der Waals surface area (Å²) < 4.78 is 4.79. The van der Waals surface area contributed by atoms with Crippen molar-refractivity contribution in [2.45, 2.75) is 31.2 Å². The van der Waals surface area contributed by atoms with E-state index in [0.29, 0.717) is 5.56 Å². The summed E-state index contributed by atoms with van der Waals surface area (Å²) in [6, 6.07) is 7.49. The van der Waals surface area contributed by atoms with E-state index in [-0.39, 0.29) is 11.5 Å². The highest BCUT2D eigenvalue weighted by atomic mass is 16.5. The Kier molecular flexibility index (Phi) is 2.97. The molecule has 3 heteroatoms. The van der Waals surface area contributed by atoms with Crippen molar-refractivity contribution in [3.05, 3.63) is 35.4 Å². The monoisotopic (exact) mass is 219 g/mol. The Hall–Kier alpha value is -1.35. The van der Waals surface area contributed by atoms with Gasteiger partial charge in [-0.2, -0.15) is 0 Å². The number of benzene rings is 1. The van der Waals surface area contributed by atoms with E-state index in [1.807, 2.05) is 18.2 Å². The molecule has 0 amide bonds. The normalized spacial score (nSPS) is 18.4. The smallest absolute Gasteiger partial charge is 0.338 e. The van der Waals surface area contributed by atoms with Crippen molar-refractivity contribution in [2.24, 2.45) is 5.73 Å². The molecule has 1 aromatic rings. The Bertz CT molecular complexity index is 395. The highest BCUT2D eigenvalue weighted by molar-refractivity contribution is 5.91. The Labute approximate surface area is 95.6 Å². The zero-order valence-electron chi connectivity index (χ0n) is 9.53.